The lowest BCUT2D eigenvalue weighted by Gasteiger charge is -2.43. The van der Waals surface area contributed by atoms with Crippen LogP contribution < -0.4 is 5.32 Å². The van der Waals surface area contributed by atoms with E-state index >= 15 is 0 Å². The van der Waals surface area contributed by atoms with Crippen molar-refractivity contribution in [3.8, 4) is 0 Å². The number of H-pyrrole nitrogens is 1. The molecule has 3 aromatic rings. The van der Waals surface area contributed by atoms with E-state index in [4.69, 9.17) is 16.3 Å². The molecule has 192 valence electrons. The van der Waals surface area contributed by atoms with Crippen molar-refractivity contribution in [3.05, 3.63) is 35.6 Å². The standard InChI is InChI=1S/C26H33ClN6O3/c1-4-31-7-9-32(10-8-31)23(34)14-33-16-26(2,3)36-15-22(33)25(35)30-20-12-17(27)11-19-18-5-6-28-13-21(18)29-24(19)20/h5-6,11-13,22,29H,4,7-10,14-16H2,1-3H3,(H,30,35)/t22-/m0/s1. The number of hydrogen-bond donors (Lipinski definition) is 2. The quantitative estimate of drug-likeness (QED) is 0.546. The second-order valence-corrected chi connectivity index (χ2v) is 10.7. The Labute approximate surface area is 215 Å². The molecule has 2 aromatic heterocycles. The van der Waals surface area contributed by atoms with Crippen molar-refractivity contribution in [2.45, 2.75) is 32.4 Å². The second kappa shape index (κ2) is 9.97. The monoisotopic (exact) mass is 512 g/mol. The Bertz CT molecular complexity index is 1280. The number of aromatic nitrogens is 2. The SMILES string of the molecule is CCN1CCN(C(=O)CN2CC(C)(C)OC[C@H]2C(=O)Nc2cc(Cl)cc3c2[nH]c2cnccc23)CC1. The number of benzene rings is 1. The lowest BCUT2D eigenvalue weighted by atomic mass is 10.0. The van der Waals surface area contributed by atoms with Gasteiger partial charge in [0, 0.05) is 54.7 Å². The number of rotatable bonds is 5. The van der Waals surface area contributed by atoms with Crippen LogP contribution in [0.15, 0.2) is 30.6 Å². The summed E-state index contributed by atoms with van der Waals surface area (Å²) in [5.41, 5.74) is 1.78. The van der Waals surface area contributed by atoms with Crippen molar-refractivity contribution in [2.24, 2.45) is 0 Å². The van der Waals surface area contributed by atoms with Gasteiger partial charge < -0.3 is 24.8 Å². The molecule has 0 saturated carbocycles. The molecule has 2 aliphatic heterocycles. The van der Waals surface area contributed by atoms with E-state index in [1.807, 2.05) is 35.8 Å². The van der Waals surface area contributed by atoms with Crippen LogP contribution in [0, 0.1) is 0 Å². The van der Waals surface area contributed by atoms with Gasteiger partial charge in [-0.25, -0.2) is 0 Å². The third-order valence-corrected chi connectivity index (χ3v) is 7.42. The molecule has 0 radical (unpaired) electrons. The van der Waals surface area contributed by atoms with Gasteiger partial charge in [0.25, 0.3) is 0 Å². The molecule has 4 heterocycles. The number of carbonyl (C=O) groups excluding carboxylic acids is 2. The number of fused-ring (bicyclic) bond motifs is 3. The zero-order valence-corrected chi connectivity index (χ0v) is 21.8. The van der Waals surface area contributed by atoms with E-state index in [1.165, 1.54) is 0 Å². The molecule has 2 saturated heterocycles. The first-order chi connectivity index (χ1) is 17.2. The van der Waals surface area contributed by atoms with Crippen molar-refractivity contribution in [1.29, 1.82) is 0 Å². The van der Waals surface area contributed by atoms with E-state index < -0.39 is 11.6 Å². The Morgan fingerprint density at radius 2 is 2.00 bits per heavy atom. The molecule has 10 heteroatoms. The topological polar surface area (TPSA) is 93.8 Å². The minimum Gasteiger partial charge on any atom is -0.372 e. The number of anilines is 1. The molecule has 9 nitrogen and oxygen atoms in total. The summed E-state index contributed by atoms with van der Waals surface area (Å²) in [6, 6.07) is 4.93. The summed E-state index contributed by atoms with van der Waals surface area (Å²) in [6.45, 7) is 11.2. The van der Waals surface area contributed by atoms with Gasteiger partial charge in [0.05, 0.1) is 41.7 Å². The summed E-state index contributed by atoms with van der Waals surface area (Å²) in [5.74, 6) is -0.177. The number of nitrogens with one attached hydrogen (secondary N) is 2. The first-order valence-corrected chi connectivity index (χ1v) is 12.9. The van der Waals surface area contributed by atoms with E-state index in [-0.39, 0.29) is 25.0 Å². The average Bonchev–Trinajstić information content (AvgIpc) is 3.22. The predicted molar refractivity (Wildman–Crippen MR) is 141 cm³/mol. The fraction of sp³-hybridized carbons (Fsp3) is 0.500. The van der Waals surface area contributed by atoms with Crippen molar-refractivity contribution in [3.63, 3.8) is 0 Å². The molecule has 5 rings (SSSR count). The number of morpholine rings is 1. The smallest absolute Gasteiger partial charge is 0.244 e. The number of hydrogen-bond acceptors (Lipinski definition) is 6. The van der Waals surface area contributed by atoms with Crippen LogP contribution in [0.4, 0.5) is 5.69 Å². The highest BCUT2D eigenvalue weighted by Gasteiger charge is 2.39. The largest absolute Gasteiger partial charge is 0.372 e. The van der Waals surface area contributed by atoms with E-state index in [0.717, 1.165) is 41.4 Å². The summed E-state index contributed by atoms with van der Waals surface area (Å²) in [4.78, 5) is 40.5. The van der Waals surface area contributed by atoms with Crippen molar-refractivity contribution < 1.29 is 14.3 Å². The molecule has 0 bridgehead atoms. The lowest BCUT2D eigenvalue weighted by molar-refractivity contribution is -0.151. The maximum Gasteiger partial charge on any atom is 0.244 e. The Kier molecular flexibility index (Phi) is 6.91. The van der Waals surface area contributed by atoms with E-state index in [2.05, 4.69) is 27.1 Å². The second-order valence-electron chi connectivity index (χ2n) is 10.2. The number of nitrogens with zero attached hydrogens (tertiary/aromatic N) is 4. The maximum atomic E-state index is 13.6. The van der Waals surface area contributed by atoms with Gasteiger partial charge in [-0.05, 0) is 38.6 Å². The van der Waals surface area contributed by atoms with E-state index in [0.29, 0.717) is 30.3 Å². The summed E-state index contributed by atoms with van der Waals surface area (Å²) < 4.78 is 6.01. The number of piperazine rings is 1. The third-order valence-electron chi connectivity index (χ3n) is 7.20. The van der Waals surface area contributed by atoms with Crippen LogP contribution in [0.5, 0.6) is 0 Å². The molecule has 2 amide bonds. The van der Waals surface area contributed by atoms with Crippen LogP contribution in [-0.4, -0.2) is 101 Å². The summed E-state index contributed by atoms with van der Waals surface area (Å²) in [7, 11) is 0. The third kappa shape index (κ3) is 5.06. The van der Waals surface area contributed by atoms with Crippen molar-refractivity contribution in [1.82, 2.24) is 24.7 Å². The van der Waals surface area contributed by atoms with Gasteiger partial charge in [0.2, 0.25) is 11.8 Å². The molecule has 2 aliphatic rings. The molecule has 2 fully saturated rings. The zero-order valence-electron chi connectivity index (χ0n) is 21.0. The number of likely N-dealkylation sites (N-methyl/N-ethyl adjacent to an activating group) is 1. The average molecular weight is 513 g/mol. The Hall–Kier alpha value is -2.72. The molecule has 2 N–H and O–H groups in total. The van der Waals surface area contributed by atoms with Crippen molar-refractivity contribution in [2.75, 3.05) is 57.7 Å². The van der Waals surface area contributed by atoms with E-state index in [1.54, 1.807) is 18.5 Å². The van der Waals surface area contributed by atoms with Gasteiger partial charge >= 0.3 is 0 Å². The summed E-state index contributed by atoms with van der Waals surface area (Å²) in [6.07, 6.45) is 3.48. The first-order valence-electron chi connectivity index (χ1n) is 12.5. The number of pyridine rings is 1. The highest BCUT2D eigenvalue weighted by molar-refractivity contribution is 6.33. The molecular weight excluding hydrogens is 480 g/mol. The lowest BCUT2D eigenvalue weighted by Crippen LogP contribution is -2.61. The number of carbonyl (C=O) groups is 2. The van der Waals surface area contributed by atoms with Crippen LogP contribution in [0.2, 0.25) is 5.02 Å². The van der Waals surface area contributed by atoms with Crippen molar-refractivity contribution >= 4 is 50.9 Å². The first kappa shape index (κ1) is 25.0. The minimum atomic E-state index is -0.598. The van der Waals surface area contributed by atoms with Gasteiger partial charge in [-0.15, -0.1) is 0 Å². The Morgan fingerprint density at radius 3 is 2.75 bits per heavy atom. The number of amides is 2. The Balaban J connectivity index is 1.36. The molecule has 0 spiro atoms. The van der Waals surface area contributed by atoms with Gasteiger partial charge in [-0.1, -0.05) is 18.5 Å². The molecule has 0 aliphatic carbocycles. The molecule has 36 heavy (non-hydrogen) atoms. The number of aromatic amines is 1. The number of ether oxygens (including phenoxy) is 1. The predicted octanol–water partition coefficient (Wildman–Crippen LogP) is 2.95. The van der Waals surface area contributed by atoms with Gasteiger partial charge in [0.1, 0.15) is 6.04 Å². The van der Waals surface area contributed by atoms with Crippen LogP contribution in [0.3, 0.4) is 0 Å². The zero-order chi connectivity index (χ0) is 25.4. The van der Waals surface area contributed by atoms with Crippen LogP contribution in [-0.2, 0) is 14.3 Å². The van der Waals surface area contributed by atoms with Crippen LogP contribution in [0.1, 0.15) is 20.8 Å². The maximum absolute atomic E-state index is 13.6. The van der Waals surface area contributed by atoms with E-state index in [9.17, 15) is 9.59 Å². The minimum absolute atomic E-state index is 0.0505. The summed E-state index contributed by atoms with van der Waals surface area (Å²) in [5, 5.41) is 5.47. The highest BCUT2D eigenvalue weighted by Crippen LogP contribution is 2.33. The molecular formula is C26H33ClN6O3. The number of halogens is 1. The Morgan fingerprint density at radius 1 is 1.22 bits per heavy atom. The molecule has 0 unspecified atom stereocenters. The fourth-order valence-electron chi connectivity index (χ4n) is 5.18. The highest BCUT2D eigenvalue weighted by atomic mass is 35.5. The van der Waals surface area contributed by atoms with Gasteiger partial charge in [-0.3, -0.25) is 19.5 Å². The van der Waals surface area contributed by atoms with Crippen LogP contribution in [0.25, 0.3) is 21.8 Å². The van der Waals surface area contributed by atoms with Crippen LogP contribution >= 0.6 is 11.6 Å². The fourth-order valence-corrected chi connectivity index (χ4v) is 5.40. The molecule has 1 atom stereocenters. The summed E-state index contributed by atoms with van der Waals surface area (Å²) >= 11 is 6.42. The van der Waals surface area contributed by atoms with Gasteiger partial charge in [0.15, 0.2) is 0 Å². The van der Waals surface area contributed by atoms with Gasteiger partial charge in [-0.2, -0.15) is 0 Å². The normalized spacial score (nSPS) is 21.2. The molecule has 1 aromatic carbocycles.